The Morgan fingerprint density at radius 2 is 2.05 bits per heavy atom. The first-order chi connectivity index (χ1) is 8.99. The second kappa shape index (κ2) is 5.50. The zero-order chi connectivity index (χ0) is 14.0. The second-order valence-electron chi connectivity index (χ2n) is 5.07. The van der Waals surface area contributed by atoms with Gasteiger partial charge in [0, 0.05) is 12.1 Å². The Kier molecular flexibility index (Phi) is 3.97. The number of aromatic nitrogens is 2. The molecule has 2 N–H and O–H groups in total. The van der Waals surface area contributed by atoms with Gasteiger partial charge in [-0.25, -0.2) is 0 Å². The SMILES string of the molecule is Cc1cccc(-c2nc(C(N)CN(C)C)no2)c1C. The molecule has 0 saturated heterocycles. The molecule has 0 bridgehead atoms. The minimum atomic E-state index is -0.238. The normalized spacial score (nSPS) is 12.9. The molecule has 5 nitrogen and oxygen atoms in total. The van der Waals surface area contributed by atoms with Gasteiger partial charge in [0.2, 0.25) is 0 Å². The molecule has 19 heavy (non-hydrogen) atoms. The molecule has 0 aliphatic heterocycles. The summed E-state index contributed by atoms with van der Waals surface area (Å²) in [5, 5.41) is 3.98. The molecular weight excluding hydrogens is 240 g/mol. The molecule has 1 atom stereocenters. The molecule has 5 heteroatoms. The van der Waals surface area contributed by atoms with Gasteiger partial charge in [-0.15, -0.1) is 0 Å². The van der Waals surface area contributed by atoms with E-state index in [0.29, 0.717) is 18.3 Å². The summed E-state index contributed by atoms with van der Waals surface area (Å²) in [5.41, 5.74) is 9.35. The number of aryl methyl sites for hydroxylation is 1. The minimum absolute atomic E-state index is 0.238. The molecule has 1 aromatic heterocycles. The van der Waals surface area contributed by atoms with Crippen LogP contribution in [-0.4, -0.2) is 35.7 Å². The van der Waals surface area contributed by atoms with Gasteiger partial charge in [0.05, 0.1) is 6.04 Å². The van der Waals surface area contributed by atoms with Gasteiger partial charge in [0.1, 0.15) is 0 Å². The maximum absolute atomic E-state index is 6.03. The van der Waals surface area contributed by atoms with Crippen molar-refractivity contribution in [3.8, 4) is 11.5 Å². The van der Waals surface area contributed by atoms with Gasteiger partial charge in [-0.05, 0) is 45.1 Å². The Morgan fingerprint density at radius 3 is 2.74 bits per heavy atom. The number of hydrogen-bond donors (Lipinski definition) is 1. The summed E-state index contributed by atoms with van der Waals surface area (Å²) in [4.78, 5) is 6.40. The lowest BCUT2D eigenvalue weighted by molar-refractivity contribution is 0.357. The molecule has 1 unspecified atom stereocenters. The lowest BCUT2D eigenvalue weighted by Crippen LogP contribution is -2.26. The maximum atomic E-state index is 6.03. The summed E-state index contributed by atoms with van der Waals surface area (Å²) in [5.74, 6) is 1.08. The van der Waals surface area contributed by atoms with Crippen LogP contribution in [0, 0.1) is 13.8 Å². The van der Waals surface area contributed by atoms with Crippen LogP contribution in [0.2, 0.25) is 0 Å². The third-order valence-corrected chi connectivity index (χ3v) is 3.17. The van der Waals surface area contributed by atoms with Gasteiger partial charge in [-0.1, -0.05) is 17.3 Å². The number of rotatable bonds is 4. The van der Waals surface area contributed by atoms with Crippen LogP contribution in [0.1, 0.15) is 23.0 Å². The first-order valence-corrected chi connectivity index (χ1v) is 6.29. The van der Waals surface area contributed by atoms with Gasteiger partial charge in [-0.3, -0.25) is 0 Å². The van der Waals surface area contributed by atoms with Crippen molar-refractivity contribution in [2.75, 3.05) is 20.6 Å². The van der Waals surface area contributed by atoms with E-state index in [4.69, 9.17) is 10.3 Å². The first-order valence-electron chi connectivity index (χ1n) is 6.29. The number of benzene rings is 1. The van der Waals surface area contributed by atoms with Crippen LogP contribution in [0.4, 0.5) is 0 Å². The predicted molar refractivity (Wildman–Crippen MR) is 74.7 cm³/mol. The standard InChI is InChI=1S/C14H20N4O/c1-9-6-5-7-11(10(9)2)14-16-13(17-19-14)12(15)8-18(3)4/h5-7,12H,8,15H2,1-4H3. The van der Waals surface area contributed by atoms with E-state index in [0.717, 1.165) is 11.1 Å². The fraction of sp³-hybridized carbons (Fsp3) is 0.429. The van der Waals surface area contributed by atoms with Gasteiger partial charge in [-0.2, -0.15) is 4.98 Å². The minimum Gasteiger partial charge on any atom is -0.334 e. The zero-order valence-corrected chi connectivity index (χ0v) is 11.8. The zero-order valence-electron chi connectivity index (χ0n) is 11.8. The molecular formula is C14H20N4O. The molecule has 0 aliphatic carbocycles. The molecule has 2 aromatic rings. The van der Waals surface area contributed by atoms with Gasteiger partial charge >= 0.3 is 0 Å². The summed E-state index contributed by atoms with van der Waals surface area (Å²) >= 11 is 0. The number of nitrogens with two attached hydrogens (primary N) is 1. The van der Waals surface area contributed by atoms with E-state index < -0.39 is 0 Å². The van der Waals surface area contributed by atoms with Crippen molar-refractivity contribution >= 4 is 0 Å². The average molecular weight is 260 g/mol. The molecule has 0 aliphatic rings. The molecule has 0 spiro atoms. The van der Waals surface area contributed by atoms with Crippen molar-refractivity contribution in [2.24, 2.45) is 5.73 Å². The largest absolute Gasteiger partial charge is 0.334 e. The molecule has 0 saturated carbocycles. The summed E-state index contributed by atoms with van der Waals surface area (Å²) in [6.45, 7) is 4.80. The summed E-state index contributed by atoms with van der Waals surface area (Å²) in [7, 11) is 3.93. The highest BCUT2D eigenvalue weighted by atomic mass is 16.5. The molecule has 102 valence electrons. The fourth-order valence-corrected chi connectivity index (χ4v) is 1.95. The maximum Gasteiger partial charge on any atom is 0.258 e. The Bertz CT molecular complexity index is 562. The van der Waals surface area contributed by atoms with E-state index in [1.165, 1.54) is 5.56 Å². The monoisotopic (exact) mass is 260 g/mol. The van der Waals surface area contributed by atoms with Crippen molar-refractivity contribution in [1.29, 1.82) is 0 Å². The van der Waals surface area contributed by atoms with Crippen molar-refractivity contribution in [3.63, 3.8) is 0 Å². The van der Waals surface area contributed by atoms with Gasteiger partial charge in [0.15, 0.2) is 5.82 Å². The van der Waals surface area contributed by atoms with Crippen LogP contribution in [0.25, 0.3) is 11.5 Å². The molecule has 0 amide bonds. The first kappa shape index (κ1) is 13.7. The lowest BCUT2D eigenvalue weighted by Gasteiger charge is -2.12. The van der Waals surface area contributed by atoms with Crippen LogP contribution in [0.5, 0.6) is 0 Å². The smallest absolute Gasteiger partial charge is 0.258 e. The third-order valence-electron chi connectivity index (χ3n) is 3.17. The topological polar surface area (TPSA) is 68.2 Å². The van der Waals surface area contributed by atoms with E-state index in [-0.39, 0.29) is 6.04 Å². The van der Waals surface area contributed by atoms with Gasteiger partial charge < -0.3 is 15.2 Å². The van der Waals surface area contributed by atoms with Crippen molar-refractivity contribution in [2.45, 2.75) is 19.9 Å². The van der Waals surface area contributed by atoms with Crippen LogP contribution < -0.4 is 5.73 Å². The summed E-state index contributed by atoms with van der Waals surface area (Å²) in [6, 6.07) is 5.80. The quantitative estimate of drug-likeness (QED) is 0.909. The average Bonchev–Trinajstić information content (AvgIpc) is 2.81. The van der Waals surface area contributed by atoms with Crippen molar-refractivity contribution in [1.82, 2.24) is 15.0 Å². The molecule has 1 aromatic carbocycles. The predicted octanol–water partition coefficient (Wildman–Crippen LogP) is 1.91. The van der Waals surface area contributed by atoms with Crippen LogP contribution in [-0.2, 0) is 0 Å². The summed E-state index contributed by atoms with van der Waals surface area (Å²) in [6.07, 6.45) is 0. The lowest BCUT2D eigenvalue weighted by atomic mass is 10.0. The Morgan fingerprint density at radius 1 is 1.32 bits per heavy atom. The van der Waals surface area contributed by atoms with Crippen LogP contribution in [0.15, 0.2) is 22.7 Å². The summed E-state index contributed by atoms with van der Waals surface area (Å²) < 4.78 is 5.33. The van der Waals surface area contributed by atoms with E-state index in [1.807, 2.05) is 38.1 Å². The molecule has 0 fully saturated rings. The second-order valence-corrected chi connectivity index (χ2v) is 5.07. The third kappa shape index (κ3) is 3.00. The Balaban J connectivity index is 2.28. The van der Waals surface area contributed by atoms with Gasteiger partial charge in [0.25, 0.3) is 5.89 Å². The van der Waals surface area contributed by atoms with Crippen molar-refractivity contribution < 1.29 is 4.52 Å². The van der Waals surface area contributed by atoms with E-state index in [9.17, 15) is 0 Å². The Hall–Kier alpha value is -1.72. The fourth-order valence-electron chi connectivity index (χ4n) is 1.95. The number of nitrogens with zero attached hydrogens (tertiary/aromatic N) is 3. The number of hydrogen-bond acceptors (Lipinski definition) is 5. The van der Waals surface area contributed by atoms with Crippen LogP contribution in [0.3, 0.4) is 0 Å². The van der Waals surface area contributed by atoms with E-state index in [1.54, 1.807) is 0 Å². The van der Waals surface area contributed by atoms with E-state index >= 15 is 0 Å². The number of likely N-dealkylation sites (N-methyl/N-ethyl adjacent to an activating group) is 1. The molecule has 2 rings (SSSR count). The van der Waals surface area contributed by atoms with Crippen LogP contribution >= 0.6 is 0 Å². The van der Waals surface area contributed by atoms with E-state index in [2.05, 4.69) is 23.1 Å². The van der Waals surface area contributed by atoms with Crippen molar-refractivity contribution in [3.05, 3.63) is 35.2 Å². The Labute approximate surface area is 113 Å². The molecule has 0 radical (unpaired) electrons. The highest BCUT2D eigenvalue weighted by molar-refractivity contribution is 5.60. The highest BCUT2D eigenvalue weighted by Crippen LogP contribution is 2.24. The highest BCUT2D eigenvalue weighted by Gasteiger charge is 2.17. The molecule has 1 heterocycles.